The second-order valence-electron chi connectivity index (χ2n) is 10.4. The number of nitro groups is 1. The molecular formula is C30H29N5O6. The monoisotopic (exact) mass is 555 g/mol. The number of esters is 1. The molecule has 1 aliphatic rings. The number of nitrogens with one attached hydrogen (secondary N) is 2. The molecule has 3 heterocycles. The van der Waals surface area contributed by atoms with Gasteiger partial charge < -0.3 is 24.0 Å². The third kappa shape index (κ3) is 5.06. The lowest BCUT2D eigenvalue weighted by molar-refractivity contribution is -0.384. The van der Waals surface area contributed by atoms with Crippen molar-refractivity contribution in [3.63, 3.8) is 0 Å². The number of rotatable bonds is 8. The molecule has 41 heavy (non-hydrogen) atoms. The lowest BCUT2D eigenvalue weighted by Crippen LogP contribution is -2.43. The summed E-state index contributed by atoms with van der Waals surface area (Å²) in [6.07, 6.45) is 10.7. The van der Waals surface area contributed by atoms with Gasteiger partial charge >= 0.3 is 5.97 Å². The van der Waals surface area contributed by atoms with Crippen LogP contribution in [0.2, 0.25) is 0 Å². The van der Waals surface area contributed by atoms with Crippen LogP contribution in [-0.2, 0) is 16.0 Å². The zero-order valence-corrected chi connectivity index (χ0v) is 22.5. The Hall–Kier alpha value is -4.93. The number of H-pyrrole nitrogens is 1. The van der Waals surface area contributed by atoms with E-state index >= 15 is 0 Å². The summed E-state index contributed by atoms with van der Waals surface area (Å²) in [6.45, 7) is 0. The molecule has 1 fully saturated rings. The van der Waals surface area contributed by atoms with Gasteiger partial charge in [0.15, 0.2) is 0 Å². The fourth-order valence-corrected chi connectivity index (χ4v) is 5.79. The number of imidazole rings is 1. The normalized spacial score (nSPS) is 14.8. The minimum Gasteiger partial charge on any atom is -0.472 e. The first kappa shape index (κ1) is 26.3. The van der Waals surface area contributed by atoms with Gasteiger partial charge in [0.2, 0.25) is 0 Å². The van der Waals surface area contributed by atoms with Crippen molar-refractivity contribution < 1.29 is 23.7 Å². The molecule has 6 rings (SSSR count). The average Bonchev–Trinajstić information content (AvgIpc) is 3.75. The predicted molar refractivity (Wildman–Crippen MR) is 151 cm³/mol. The zero-order chi connectivity index (χ0) is 28.5. The molecule has 11 heteroatoms. The molecule has 1 saturated carbocycles. The maximum absolute atomic E-state index is 13.4. The molecule has 0 radical (unpaired) electrons. The summed E-state index contributed by atoms with van der Waals surface area (Å²) in [5, 5.41) is 14.7. The maximum Gasteiger partial charge on any atom is 0.328 e. The van der Waals surface area contributed by atoms with Gasteiger partial charge in [0.05, 0.1) is 34.9 Å². The van der Waals surface area contributed by atoms with E-state index in [1.165, 1.54) is 25.7 Å². The minimum atomic E-state index is -1.01. The molecule has 3 aromatic heterocycles. The Labute approximate surface area is 234 Å². The molecule has 5 aromatic rings. The zero-order valence-electron chi connectivity index (χ0n) is 22.5. The second-order valence-corrected chi connectivity index (χ2v) is 10.4. The Morgan fingerprint density at radius 2 is 2.02 bits per heavy atom. The van der Waals surface area contributed by atoms with Crippen molar-refractivity contribution in [2.75, 3.05) is 7.11 Å². The van der Waals surface area contributed by atoms with E-state index in [-0.39, 0.29) is 12.1 Å². The van der Waals surface area contributed by atoms with Crippen molar-refractivity contribution in [1.29, 1.82) is 0 Å². The van der Waals surface area contributed by atoms with Crippen molar-refractivity contribution in [2.24, 2.45) is 0 Å². The van der Waals surface area contributed by atoms with Crippen LogP contribution < -0.4 is 5.32 Å². The summed E-state index contributed by atoms with van der Waals surface area (Å²) in [7, 11) is 1.25. The number of furan rings is 1. The molecule has 2 aromatic carbocycles. The number of carbonyl (C=O) groups excluding carboxylic acids is 2. The summed E-state index contributed by atoms with van der Waals surface area (Å²) in [4.78, 5) is 44.9. The van der Waals surface area contributed by atoms with Crippen LogP contribution in [-0.4, -0.2) is 44.5 Å². The van der Waals surface area contributed by atoms with Gasteiger partial charge in [-0.25, -0.2) is 9.78 Å². The summed E-state index contributed by atoms with van der Waals surface area (Å²) >= 11 is 0. The summed E-state index contributed by atoms with van der Waals surface area (Å²) in [5.41, 5.74) is 4.12. The lowest BCUT2D eigenvalue weighted by Gasteiger charge is -2.25. The number of ether oxygens (including phenoxy) is 1. The van der Waals surface area contributed by atoms with Crippen molar-refractivity contribution in [3.05, 3.63) is 82.4 Å². The van der Waals surface area contributed by atoms with Crippen LogP contribution in [0.25, 0.3) is 33.3 Å². The number of amides is 1. The van der Waals surface area contributed by atoms with Crippen LogP contribution in [0, 0.1) is 10.1 Å². The molecule has 0 bridgehead atoms. The average molecular weight is 556 g/mol. The number of nitrogens with zero attached hydrogens (tertiary/aromatic N) is 3. The van der Waals surface area contributed by atoms with Crippen LogP contribution in [0.4, 0.5) is 5.69 Å². The van der Waals surface area contributed by atoms with Crippen LogP contribution >= 0.6 is 0 Å². The molecule has 1 amide bonds. The van der Waals surface area contributed by atoms with Gasteiger partial charge in [0.25, 0.3) is 11.6 Å². The molecule has 11 nitrogen and oxygen atoms in total. The third-order valence-corrected chi connectivity index (χ3v) is 7.85. The summed E-state index contributed by atoms with van der Waals surface area (Å²) < 4.78 is 12.6. The number of hydrogen-bond donors (Lipinski definition) is 2. The van der Waals surface area contributed by atoms with Gasteiger partial charge in [-0.3, -0.25) is 14.9 Å². The molecule has 1 atom stereocenters. The molecule has 0 saturated heterocycles. The summed E-state index contributed by atoms with van der Waals surface area (Å²) in [5.74, 6) is -0.271. The number of nitro benzene ring substituents is 1. The molecule has 210 valence electrons. The SMILES string of the molecule is COC(=O)C(Cc1c[nH]c2ccc([N+](=O)[O-])cc12)NC(=O)c1ccc2c(c1)nc(-c1ccoc1)n2C1CCCCC1. The van der Waals surface area contributed by atoms with E-state index in [4.69, 9.17) is 14.1 Å². The highest BCUT2D eigenvalue weighted by molar-refractivity contribution is 6.00. The van der Waals surface area contributed by atoms with Gasteiger partial charge in [-0.05, 0) is 48.7 Å². The Kier molecular flexibility index (Phi) is 7.00. The number of non-ortho nitro benzene ring substituents is 1. The Balaban J connectivity index is 1.30. The highest BCUT2D eigenvalue weighted by Gasteiger charge is 2.26. The Bertz CT molecular complexity index is 1750. The van der Waals surface area contributed by atoms with E-state index in [9.17, 15) is 19.7 Å². The highest BCUT2D eigenvalue weighted by atomic mass is 16.6. The maximum atomic E-state index is 13.4. The Morgan fingerprint density at radius 1 is 1.20 bits per heavy atom. The van der Waals surface area contributed by atoms with Crippen LogP contribution in [0.1, 0.15) is 54.1 Å². The third-order valence-electron chi connectivity index (χ3n) is 7.85. The molecule has 0 aliphatic heterocycles. The van der Waals surface area contributed by atoms with Gasteiger partial charge in [-0.2, -0.15) is 0 Å². The lowest BCUT2D eigenvalue weighted by atomic mass is 9.95. The number of hydrogen-bond acceptors (Lipinski definition) is 7. The number of methoxy groups -OCH3 is 1. The largest absolute Gasteiger partial charge is 0.472 e. The molecule has 1 unspecified atom stereocenters. The van der Waals surface area contributed by atoms with E-state index < -0.39 is 22.8 Å². The van der Waals surface area contributed by atoms with Crippen molar-refractivity contribution in [2.45, 2.75) is 50.6 Å². The quantitative estimate of drug-likeness (QED) is 0.142. The standard InChI is InChI=1S/C30H29N5O6/c1-40-30(37)26(14-20-16-31-24-9-8-22(35(38)39)15-23(20)24)33-29(36)18-7-10-27-25(13-18)32-28(19-11-12-41-17-19)34(27)21-5-3-2-4-6-21/h7-13,15-17,21,26,31H,2-6,14H2,1H3,(H,33,36). The minimum absolute atomic E-state index is 0.0623. The highest BCUT2D eigenvalue weighted by Crippen LogP contribution is 2.36. The first-order valence-corrected chi connectivity index (χ1v) is 13.6. The van der Waals surface area contributed by atoms with Gasteiger partial charge in [-0.15, -0.1) is 0 Å². The second kappa shape index (κ2) is 10.9. The topological polar surface area (TPSA) is 145 Å². The number of carbonyl (C=O) groups is 2. The van der Waals surface area contributed by atoms with E-state index in [1.54, 1.807) is 36.9 Å². The van der Waals surface area contributed by atoms with E-state index in [1.807, 2.05) is 12.1 Å². The fourth-order valence-electron chi connectivity index (χ4n) is 5.79. The van der Waals surface area contributed by atoms with E-state index in [0.29, 0.717) is 33.6 Å². The number of benzene rings is 2. The smallest absolute Gasteiger partial charge is 0.328 e. The number of aromatic nitrogens is 3. The fraction of sp³-hybridized carbons (Fsp3) is 0.300. The van der Waals surface area contributed by atoms with Crippen LogP contribution in [0.15, 0.2) is 65.6 Å². The van der Waals surface area contributed by atoms with Crippen molar-refractivity contribution in [1.82, 2.24) is 19.9 Å². The van der Waals surface area contributed by atoms with Gasteiger partial charge in [0.1, 0.15) is 18.1 Å². The first-order chi connectivity index (χ1) is 19.9. The van der Waals surface area contributed by atoms with Crippen molar-refractivity contribution >= 4 is 39.5 Å². The molecular weight excluding hydrogens is 526 g/mol. The molecule has 0 spiro atoms. The van der Waals surface area contributed by atoms with Crippen LogP contribution in [0.3, 0.4) is 0 Å². The molecule has 2 N–H and O–H groups in total. The Morgan fingerprint density at radius 3 is 2.76 bits per heavy atom. The number of aromatic amines is 1. The predicted octanol–water partition coefficient (Wildman–Crippen LogP) is 5.71. The summed E-state index contributed by atoms with van der Waals surface area (Å²) in [6, 6.07) is 11.0. The van der Waals surface area contributed by atoms with Gasteiger partial charge in [-0.1, -0.05) is 19.3 Å². The van der Waals surface area contributed by atoms with E-state index in [2.05, 4.69) is 14.9 Å². The van der Waals surface area contributed by atoms with Crippen LogP contribution in [0.5, 0.6) is 0 Å². The first-order valence-electron chi connectivity index (χ1n) is 13.6. The van der Waals surface area contributed by atoms with Crippen molar-refractivity contribution in [3.8, 4) is 11.4 Å². The molecule has 1 aliphatic carbocycles. The van der Waals surface area contributed by atoms with Gasteiger partial charge in [0, 0.05) is 47.3 Å². The number of fused-ring (bicyclic) bond motifs is 2. The van der Waals surface area contributed by atoms with E-state index in [0.717, 1.165) is 42.6 Å².